The zero-order chi connectivity index (χ0) is 11.5. The van der Waals surface area contributed by atoms with E-state index in [0.29, 0.717) is 0 Å². The molecule has 0 spiro atoms. The van der Waals surface area contributed by atoms with E-state index in [4.69, 9.17) is 5.73 Å². The van der Waals surface area contributed by atoms with Crippen LogP contribution in [-0.4, -0.2) is 16.0 Å². The number of rotatable bonds is 3. The van der Waals surface area contributed by atoms with Crippen LogP contribution in [0.2, 0.25) is 0 Å². The van der Waals surface area contributed by atoms with Crippen molar-refractivity contribution in [2.45, 2.75) is 46.6 Å². The van der Waals surface area contributed by atoms with Crippen molar-refractivity contribution in [3.8, 4) is 0 Å². The molecule has 0 aliphatic heterocycles. The van der Waals surface area contributed by atoms with Crippen molar-refractivity contribution in [1.82, 2.24) is 9.97 Å². The lowest BCUT2D eigenvalue weighted by Crippen LogP contribution is -2.18. The third kappa shape index (κ3) is 4.88. The summed E-state index contributed by atoms with van der Waals surface area (Å²) in [6, 6.07) is 0.169. The number of hydrogen-bond acceptors (Lipinski definition) is 3. The second-order valence-corrected chi connectivity index (χ2v) is 5.43. The minimum atomic E-state index is 0.169. The molecule has 2 N–H and O–H groups in total. The Hall–Kier alpha value is -0.960. The molecule has 0 bridgehead atoms. The van der Waals surface area contributed by atoms with Gasteiger partial charge in [0.15, 0.2) is 0 Å². The van der Waals surface area contributed by atoms with Crippen molar-refractivity contribution < 1.29 is 0 Å². The first-order chi connectivity index (χ1) is 6.87. The maximum Gasteiger partial charge on any atom is 0.128 e. The van der Waals surface area contributed by atoms with Crippen molar-refractivity contribution in [2.75, 3.05) is 0 Å². The predicted octanol–water partition coefficient (Wildman–Crippen LogP) is 1.95. The first-order valence-corrected chi connectivity index (χ1v) is 5.42. The van der Waals surface area contributed by atoms with Crippen molar-refractivity contribution in [3.05, 3.63) is 23.8 Å². The van der Waals surface area contributed by atoms with Crippen LogP contribution in [0.5, 0.6) is 0 Å². The SMILES string of the molecule is CC(N)Cc1cnc(CC(C)(C)C)nc1. The Balaban J connectivity index is 2.64. The molecule has 3 nitrogen and oxygen atoms in total. The Labute approximate surface area is 92.1 Å². The van der Waals surface area contributed by atoms with Crippen LogP contribution < -0.4 is 5.73 Å². The molecule has 15 heavy (non-hydrogen) atoms. The highest BCUT2D eigenvalue weighted by Gasteiger charge is 2.13. The first kappa shape index (κ1) is 12.1. The van der Waals surface area contributed by atoms with Crippen molar-refractivity contribution >= 4 is 0 Å². The summed E-state index contributed by atoms with van der Waals surface area (Å²) in [4.78, 5) is 8.70. The van der Waals surface area contributed by atoms with Gasteiger partial charge < -0.3 is 5.73 Å². The zero-order valence-electron chi connectivity index (χ0n) is 10.1. The maximum absolute atomic E-state index is 5.71. The van der Waals surface area contributed by atoms with Crippen molar-refractivity contribution in [2.24, 2.45) is 11.1 Å². The van der Waals surface area contributed by atoms with Gasteiger partial charge in [-0.2, -0.15) is 0 Å². The van der Waals surface area contributed by atoms with Gasteiger partial charge in [0.05, 0.1) is 0 Å². The largest absolute Gasteiger partial charge is 0.328 e. The van der Waals surface area contributed by atoms with Crippen LogP contribution in [0, 0.1) is 5.41 Å². The molecular formula is C12H21N3. The molecule has 0 aliphatic carbocycles. The molecule has 0 fully saturated rings. The summed E-state index contributed by atoms with van der Waals surface area (Å²) in [6.07, 6.45) is 5.52. The highest BCUT2D eigenvalue weighted by atomic mass is 14.9. The number of nitrogens with two attached hydrogens (primary N) is 1. The summed E-state index contributed by atoms with van der Waals surface area (Å²) in [5.74, 6) is 0.913. The van der Waals surface area contributed by atoms with Crippen LogP contribution in [0.1, 0.15) is 39.1 Å². The normalized spacial score (nSPS) is 13.9. The quantitative estimate of drug-likeness (QED) is 0.824. The second kappa shape index (κ2) is 4.71. The highest BCUT2D eigenvalue weighted by molar-refractivity contribution is 5.07. The topological polar surface area (TPSA) is 51.8 Å². The van der Waals surface area contributed by atoms with Gasteiger partial charge in [-0.15, -0.1) is 0 Å². The first-order valence-electron chi connectivity index (χ1n) is 5.42. The smallest absolute Gasteiger partial charge is 0.128 e. The summed E-state index contributed by atoms with van der Waals surface area (Å²) >= 11 is 0. The molecule has 1 aromatic heterocycles. The Morgan fingerprint density at radius 1 is 1.27 bits per heavy atom. The molecule has 0 saturated carbocycles. The van der Waals surface area contributed by atoms with E-state index in [-0.39, 0.29) is 11.5 Å². The van der Waals surface area contributed by atoms with Crippen LogP contribution in [0.25, 0.3) is 0 Å². The maximum atomic E-state index is 5.71. The Bertz CT molecular complexity index is 296. The van der Waals surface area contributed by atoms with E-state index in [1.165, 1.54) is 0 Å². The lowest BCUT2D eigenvalue weighted by Gasteiger charge is -2.16. The minimum absolute atomic E-state index is 0.169. The van der Waals surface area contributed by atoms with Gasteiger partial charge in [-0.3, -0.25) is 0 Å². The fraction of sp³-hybridized carbons (Fsp3) is 0.667. The lowest BCUT2D eigenvalue weighted by atomic mass is 9.92. The van der Waals surface area contributed by atoms with Crippen LogP contribution in [0.4, 0.5) is 0 Å². The number of hydrogen-bond donors (Lipinski definition) is 1. The van der Waals surface area contributed by atoms with Gasteiger partial charge in [-0.1, -0.05) is 20.8 Å². The van der Waals surface area contributed by atoms with E-state index in [2.05, 4.69) is 30.7 Å². The predicted molar refractivity (Wildman–Crippen MR) is 62.5 cm³/mol. The average molecular weight is 207 g/mol. The van der Waals surface area contributed by atoms with E-state index in [1.807, 2.05) is 19.3 Å². The van der Waals surface area contributed by atoms with Gasteiger partial charge in [0.25, 0.3) is 0 Å². The van der Waals surface area contributed by atoms with Gasteiger partial charge in [0.1, 0.15) is 5.82 Å². The van der Waals surface area contributed by atoms with E-state index in [1.54, 1.807) is 0 Å². The summed E-state index contributed by atoms with van der Waals surface area (Å²) in [5, 5.41) is 0. The summed E-state index contributed by atoms with van der Waals surface area (Å²) < 4.78 is 0. The fourth-order valence-electron chi connectivity index (χ4n) is 1.42. The highest BCUT2D eigenvalue weighted by Crippen LogP contribution is 2.17. The molecule has 0 amide bonds. The average Bonchev–Trinajstić information content (AvgIpc) is 2.05. The molecule has 0 aromatic carbocycles. The molecule has 1 atom stereocenters. The van der Waals surface area contributed by atoms with Gasteiger partial charge in [-0.25, -0.2) is 9.97 Å². The summed E-state index contributed by atoms with van der Waals surface area (Å²) in [5.41, 5.74) is 7.06. The Morgan fingerprint density at radius 2 is 1.80 bits per heavy atom. The number of aromatic nitrogens is 2. The van der Waals surface area contributed by atoms with Crippen molar-refractivity contribution in [1.29, 1.82) is 0 Å². The standard InChI is InChI=1S/C12H21N3/c1-9(13)5-10-7-14-11(15-8-10)6-12(2,3)4/h7-9H,5-6,13H2,1-4H3. The van der Waals surface area contributed by atoms with Crippen LogP contribution >= 0.6 is 0 Å². The fourth-order valence-corrected chi connectivity index (χ4v) is 1.42. The third-order valence-electron chi connectivity index (χ3n) is 2.00. The molecule has 0 aliphatic rings. The van der Waals surface area contributed by atoms with Gasteiger partial charge in [0.2, 0.25) is 0 Å². The van der Waals surface area contributed by atoms with E-state index < -0.39 is 0 Å². The van der Waals surface area contributed by atoms with Gasteiger partial charge in [0, 0.05) is 24.9 Å². The molecule has 0 saturated heterocycles. The van der Waals surface area contributed by atoms with Crippen LogP contribution in [0.3, 0.4) is 0 Å². The summed E-state index contributed by atoms with van der Waals surface area (Å²) in [7, 11) is 0. The molecule has 3 heteroatoms. The van der Waals surface area contributed by atoms with E-state index in [9.17, 15) is 0 Å². The molecule has 0 radical (unpaired) electrons. The lowest BCUT2D eigenvalue weighted by molar-refractivity contribution is 0.400. The Morgan fingerprint density at radius 3 is 2.20 bits per heavy atom. The molecule has 84 valence electrons. The van der Waals surface area contributed by atoms with Crippen LogP contribution in [-0.2, 0) is 12.8 Å². The van der Waals surface area contributed by atoms with Crippen LogP contribution in [0.15, 0.2) is 12.4 Å². The van der Waals surface area contributed by atoms with Gasteiger partial charge >= 0.3 is 0 Å². The molecule has 1 unspecified atom stereocenters. The second-order valence-electron chi connectivity index (χ2n) is 5.43. The Kier molecular flexibility index (Phi) is 3.80. The third-order valence-corrected chi connectivity index (χ3v) is 2.00. The zero-order valence-corrected chi connectivity index (χ0v) is 10.1. The monoisotopic (exact) mass is 207 g/mol. The minimum Gasteiger partial charge on any atom is -0.328 e. The molecule has 1 heterocycles. The van der Waals surface area contributed by atoms with E-state index in [0.717, 1.165) is 24.2 Å². The van der Waals surface area contributed by atoms with E-state index >= 15 is 0 Å². The van der Waals surface area contributed by atoms with Crippen molar-refractivity contribution in [3.63, 3.8) is 0 Å². The molecular weight excluding hydrogens is 186 g/mol. The summed E-state index contributed by atoms with van der Waals surface area (Å²) in [6.45, 7) is 8.55. The van der Waals surface area contributed by atoms with Gasteiger partial charge in [-0.05, 0) is 24.3 Å². The molecule has 1 rings (SSSR count). The number of nitrogens with zero attached hydrogens (tertiary/aromatic N) is 2. The molecule has 1 aromatic rings.